The summed E-state index contributed by atoms with van der Waals surface area (Å²) in [5.74, 6) is -0.852. The first-order chi connectivity index (χ1) is 16.1. The van der Waals surface area contributed by atoms with Crippen molar-refractivity contribution < 1.29 is 19.4 Å². The largest absolute Gasteiger partial charge is 0.503 e. The van der Waals surface area contributed by atoms with Crippen LogP contribution in [0.5, 0.6) is 5.75 Å². The number of amides is 1. The van der Waals surface area contributed by atoms with Crippen molar-refractivity contribution in [2.24, 2.45) is 0 Å². The molecule has 0 aromatic heterocycles. The average Bonchev–Trinajstić information content (AvgIpc) is 3.09. The molecule has 1 atom stereocenters. The van der Waals surface area contributed by atoms with Crippen LogP contribution in [0.1, 0.15) is 29.7 Å². The van der Waals surface area contributed by atoms with Crippen LogP contribution in [0.3, 0.4) is 0 Å². The van der Waals surface area contributed by atoms with Gasteiger partial charge < -0.3 is 14.7 Å². The molecule has 5 heteroatoms. The van der Waals surface area contributed by atoms with Gasteiger partial charge in [0.2, 0.25) is 0 Å². The van der Waals surface area contributed by atoms with Gasteiger partial charge >= 0.3 is 0 Å². The van der Waals surface area contributed by atoms with Gasteiger partial charge in [0.25, 0.3) is 5.91 Å². The number of nitrogens with zero attached hydrogens (tertiary/aromatic N) is 1. The zero-order chi connectivity index (χ0) is 23.2. The van der Waals surface area contributed by atoms with Gasteiger partial charge in [-0.05, 0) is 41.8 Å². The molecule has 166 valence electrons. The summed E-state index contributed by atoms with van der Waals surface area (Å²) >= 11 is 0. The molecule has 1 N–H and O–H groups in total. The Balaban J connectivity index is 1.73. The molecule has 1 aliphatic heterocycles. The molecule has 0 bridgehead atoms. The van der Waals surface area contributed by atoms with Crippen molar-refractivity contribution in [1.29, 1.82) is 0 Å². The van der Waals surface area contributed by atoms with Crippen molar-refractivity contribution in [3.8, 4) is 5.75 Å². The van der Waals surface area contributed by atoms with Crippen molar-refractivity contribution in [2.45, 2.75) is 19.5 Å². The Hall–Kier alpha value is -4.12. The van der Waals surface area contributed by atoms with Crippen LogP contribution < -0.4 is 4.74 Å². The molecule has 3 aromatic carbocycles. The van der Waals surface area contributed by atoms with Crippen LogP contribution in [0.2, 0.25) is 0 Å². The van der Waals surface area contributed by atoms with E-state index in [1.165, 1.54) is 11.0 Å². The Labute approximate surface area is 193 Å². The number of aliphatic hydroxyl groups is 1. The monoisotopic (exact) mass is 439 g/mol. The Kier molecular flexibility index (Phi) is 6.69. The average molecular weight is 440 g/mol. The van der Waals surface area contributed by atoms with Gasteiger partial charge in [0, 0.05) is 6.54 Å². The van der Waals surface area contributed by atoms with Gasteiger partial charge in [0.15, 0.2) is 11.5 Å². The SMILES string of the molecule is CCOc1cccc(C2C(C(=O)/C=C/c3ccccc3)=C(O)C(=O)N2Cc2ccccc2)c1. The predicted molar refractivity (Wildman–Crippen MR) is 127 cm³/mol. The molecule has 0 saturated carbocycles. The van der Waals surface area contributed by atoms with E-state index in [1.54, 1.807) is 6.08 Å². The maximum absolute atomic E-state index is 13.3. The van der Waals surface area contributed by atoms with Gasteiger partial charge in [0.1, 0.15) is 5.75 Å². The molecule has 5 nitrogen and oxygen atoms in total. The third kappa shape index (κ3) is 4.88. The number of aliphatic hydroxyl groups excluding tert-OH is 1. The quantitative estimate of drug-likeness (QED) is 0.486. The topological polar surface area (TPSA) is 66.8 Å². The molecule has 0 aliphatic carbocycles. The van der Waals surface area contributed by atoms with Gasteiger partial charge in [-0.25, -0.2) is 0 Å². The van der Waals surface area contributed by atoms with Crippen molar-refractivity contribution in [1.82, 2.24) is 4.90 Å². The lowest BCUT2D eigenvalue weighted by molar-refractivity contribution is -0.130. The Morgan fingerprint density at radius 1 is 1.00 bits per heavy atom. The first kappa shape index (κ1) is 22.1. The lowest BCUT2D eigenvalue weighted by Crippen LogP contribution is -2.30. The van der Waals surface area contributed by atoms with E-state index in [2.05, 4.69) is 0 Å². The second-order valence-corrected chi connectivity index (χ2v) is 7.70. The number of carbonyl (C=O) groups is 2. The van der Waals surface area contributed by atoms with E-state index in [4.69, 9.17) is 4.74 Å². The summed E-state index contributed by atoms with van der Waals surface area (Å²) in [6.45, 7) is 2.64. The highest BCUT2D eigenvalue weighted by molar-refractivity contribution is 6.14. The molecule has 0 saturated heterocycles. The maximum Gasteiger partial charge on any atom is 0.290 e. The summed E-state index contributed by atoms with van der Waals surface area (Å²) in [5.41, 5.74) is 2.52. The Morgan fingerprint density at radius 2 is 1.70 bits per heavy atom. The minimum absolute atomic E-state index is 0.0664. The third-order valence-corrected chi connectivity index (χ3v) is 5.48. The first-order valence-electron chi connectivity index (χ1n) is 10.9. The maximum atomic E-state index is 13.3. The van der Waals surface area contributed by atoms with E-state index in [9.17, 15) is 14.7 Å². The fourth-order valence-electron chi connectivity index (χ4n) is 3.96. The molecule has 0 radical (unpaired) electrons. The van der Waals surface area contributed by atoms with E-state index in [1.807, 2.05) is 91.9 Å². The van der Waals surface area contributed by atoms with Crippen LogP contribution >= 0.6 is 0 Å². The number of benzene rings is 3. The van der Waals surface area contributed by atoms with Crippen LogP contribution in [-0.4, -0.2) is 28.3 Å². The van der Waals surface area contributed by atoms with E-state index in [-0.39, 0.29) is 12.1 Å². The lowest BCUT2D eigenvalue weighted by Gasteiger charge is -2.27. The fourth-order valence-corrected chi connectivity index (χ4v) is 3.96. The molecular formula is C28H25NO4. The van der Waals surface area contributed by atoms with Crippen molar-refractivity contribution in [3.63, 3.8) is 0 Å². The summed E-state index contributed by atoms with van der Waals surface area (Å²) in [4.78, 5) is 27.9. The number of ketones is 1. The standard InChI is InChI=1S/C28H25NO4/c1-2-33-23-15-9-14-22(18-23)26-25(24(30)17-16-20-10-5-3-6-11-20)27(31)28(32)29(26)19-21-12-7-4-8-13-21/h3-18,26,31H,2,19H2,1H3/b17-16+. The van der Waals surface area contributed by atoms with Crippen molar-refractivity contribution in [3.05, 3.63) is 119 Å². The van der Waals surface area contributed by atoms with Crippen LogP contribution in [-0.2, 0) is 16.1 Å². The summed E-state index contributed by atoms with van der Waals surface area (Å²) in [6.07, 6.45) is 3.08. The van der Waals surface area contributed by atoms with Gasteiger partial charge in [-0.3, -0.25) is 9.59 Å². The molecule has 3 aromatic rings. The molecule has 33 heavy (non-hydrogen) atoms. The highest BCUT2D eigenvalue weighted by Crippen LogP contribution is 2.40. The zero-order valence-electron chi connectivity index (χ0n) is 18.3. The van der Waals surface area contributed by atoms with Crippen molar-refractivity contribution in [2.75, 3.05) is 6.61 Å². The smallest absolute Gasteiger partial charge is 0.290 e. The molecule has 0 fully saturated rings. The second-order valence-electron chi connectivity index (χ2n) is 7.70. The zero-order valence-corrected chi connectivity index (χ0v) is 18.3. The summed E-state index contributed by atoms with van der Waals surface area (Å²) < 4.78 is 5.63. The van der Waals surface area contributed by atoms with Gasteiger partial charge in [-0.1, -0.05) is 78.9 Å². The minimum atomic E-state index is -0.731. The van der Waals surface area contributed by atoms with Crippen LogP contribution in [0.25, 0.3) is 6.08 Å². The van der Waals surface area contributed by atoms with Crippen LogP contribution in [0, 0.1) is 0 Å². The number of rotatable bonds is 8. The summed E-state index contributed by atoms with van der Waals surface area (Å²) in [5, 5.41) is 10.8. The highest BCUT2D eigenvalue weighted by atomic mass is 16.5. The number of allylic oxidation sites excluding steroid dienone is 1. The van der Waals surface area contributed by atoms with E-state index >= 15 is 0 Å². The molecule has 1 amide bonds. The predicted octanol–water partition coefficient (Wildman–Crippen LogP) is 5.26. The van der Waals surface area contributed by atoms with Gasteiger partial charge in [-0.15, -0.1) is 0 Å². The van der Waals surface area contributed by atoms with E-state index in [0.29, 0.717) is 17.9 Å². The number of hydrogen-bond acceptors (Lipinski definition) is 4. The van der Waals surface area contributed by atoms with Crippen LogP contribution in [0.4, 0.5) is 0 Å². The minimum Gasteiger partial charge on any atom is -0.503 e. The molecular weight excluding hydrogens is 414 g/mol. The number of hydrogen-bond donors (Lipinski definition) is 1. The normalized spacial score (nSPS) is 16.0. The molecule has 1 aliphatic rings. The number of carbonyl (C=O) groups excluding carboxylic acids is 2. The highest BCUT2D eigenvalue weighted by Gasteiger charge is 2.43. The number of ether oxygens (including phenoxy) is 1. The summed E-state index contributed by atoms with van der Waals surface area (Å²) in [6, 6.07) is 25.5. The van der Waals surface area contributed by atoms with E-state index < -0.39 is 23.5 Å². The molecule has 4 rings (SSSR count). The first-order valence-corrected chi connectivity index (χ1v) is 10.9. The molecule has 0 spiro atoms. The Morgan fingerprint density at radius 3 is 2.39 bits per heavy atom. The van der Waals surface area contributed by atoms with Crippen molar-refractivity contribution >= 4 is 17.8 Å². The Bertz CT molecular complexity index is 1200. The summed E-state index contributed by atoms with van der Waals surface area (Å²) in [7, 11) is 0. The van der Waals surface area contributed by atoms with Crippen LogP contribution in [0.15, 0.2) is 102 Å². The molecule has 1 unspecified atom stereocenters. The third-order valence-electron chi connectivity index (χ3n) is 5.48. The van der Waals surface area contributed by atoms with Gasteiger partial charge in [0.05, 0.1) is 18.2 Å². The fraction of sp³-hybridized carbons (Fsp3) is 0.143. The van der Waals surface area contributed by atoms with Gasteiger partial charge in [-0.2, -0.15) is 0 Å². The van der Waals surface area contributed by atoms with E-state index in [0.717, 1.165) is 11.1 Å². The second kappa shape index (κ2) is 10.0. The lowest BCUT2D eigenvalue weighted by atomic mass is 9.95. The molecule has 1 heterocycles.